The third kappa shape index (κ3) is 5.49. The highest BCUT2D eigenvalue weighted by molar-refractivity contribution is 14.0. The summed E-state index contributed by atoms with van der Waals surface area (Å²) in [5.74, 6) is 3.40. The van der Waals surface area contributed by atoms with Crippen molar-refractivity contribution in [3.63, 3.8) is 0 Å². The largest absolute Gasteiger partial charge is 0.493 e. The van der Waals surface area contributed by atoms with Gasteiger partial charge in [0.25, 0.3) is 0 Å². The first-order chi connectivity index (χ1) is 13.8. The quantitative estimate of drug-likeness (QED) is 0.303. The van der Waals surface area contributed by atoms with Crippen molar-refractivity contribution in [3.05, 3.63) is 66.1 Å². The molecule has 0 spiro atoms. The second-order valence-corrected chi connectivity index (χ2v) is 6.59. The predicted molar refractivity (Wildman–Crippen MR) is 120 cm³/mol. The van der Waals surface area contributed by atoms with Crippen molar-refractivity contribution < 1.29 is 9.15 Å². The zero-order valence-corrected chi connectivity index (χ0v) is 18.6. The molecule has 154 valence electrons. The number of furan rings is 1. The van der Waals surface area contributed by atoms with Gasteiger partial charge in [0.05, 0.1) is 18.9 Å². The van der Waals surface area contributed by atoms with Gasteiger partial charge in [0.2, 0.25) is 0 Å². The number of halogens is 1. The Hall–Kier alpha value is -2.56. The van der Waals surface area contributed by atoms with Gasteiger partial charge in [-0.3, -0.25) is 4.68 Å². The minimum atomic E-state index is 0. The van der Waals surface area contributed by atoms with E-state index in [-0.39, 0.29) is 30.0 Å². The number of rotatable bonds is 6. The molecule has 0 amide bonds. The molecule has 8 nitrogen and oxygen atoms in total. The maximum absolute atomic E-state index is 5.77. The Morgan fingerprint density at radius 1 is 1.28 bits per heavy atom. The second kappa shape index (κ2) is 10.3. The van der Waals surface area contributed by atoms with Crippen LogP contribution in [0.4, 0.5) is 0 Å². The molecule has 0 fully saturated rings. The summed E-state index contributed by atoms with van der Waals surface area (Å²) in [6.45, 7) is 1.83. The number of guanidine groups is 1. The summed E-state index contributed by atoms with van der Waals surface area (Å²) >= 11 is 0. The van der Waals surface area contributed by atoms with E-state index in [2.05, 4.69) is 26.8 Å². The third-order valence-corrected chi connectivity index (χ3v) is 4.70. The Morgan fingerprint density at radius 3 is 2.97 bits per heavy atom. The molecular formula is C20H25IN6O2. The van der Waals surface area contributed by atoms with E-state index in [0.29, 0.717) is 19.7 Å². The molecule has 0 radical (unpaired) electrons. The van der Waals surface area contributed by atoms with E-state index in [0.717, 1.165) is 41.7 Å². The number of hydrogen-bond donors (Lipinski definition) is 2. The van der Waals surface area contributed by atoms with Crippen LogP contribution in [0.2, 0.25) is 0 Å². The molecule has 3 aromatic rings. The predicted octanol–water partition coefficient (Wildman–Crippen LogP) is 2.83. The van der Waals surface area contributed by atoms with E-state index in [1.54, 1.807) is 10.9 Å². The number of ether oxygens (including phenoxy) is 1. The molecule has 0 aliphatic carbocycles. The van der Waals surface area contributed by atoms with Crippen LogP contribution < -0.4 is 15.4 Å². The molecule has 29 heavy (non-hydrogen) atoms. The molecular weight excluding hydrogens is 483 g/mol. The van der Waals surface area contributed by atoms with Crippen molar-refractivity contribution in [3.8, 4) is 5.75 Å². The molecule has 0 bridgehead atoms. The minimum Gasteiger partial charge on any atom is -0.493 e. The first kappa shape index (κ1) is 21.2. The van der Waals surface area contributed by atoms with Crippen LogP contribution in [0.3, 0.4) is 0 Å². The van der Waals surface area contributed by atoms with E-state index in [1.165, 1.54) is 6.33 Å². The Balaban J connectivity index is 0.00000240. The van der Waals surface area contributed by atoms with Gasteiger partial charge in [0.15, 0.2) is 5.96 Å². The van der Waals surface area contributed by atoms with Crippen LogP contribution >= 0.6 is 24.0 Å². The number of fused-ring (bicyclic) bond motifs is 1. The van der Waals surface area contributed by atoms with E-state index in [1.807, 2.05) is 37.4 Å². The number of nitrogens with zero attached hydrogens (tertiary/aromatic N) is 4. The van der Waals surface area contributed by atoms with Gasteiger partial charge in [-0.15, -0.1) is 24.0 Å². The number of benzene rings is 1. The average Bonchev–Trinajstić information content (AvgIpc) is 3.38. The van der Waals surface area contributed by atoms with Crippen molar-refractivity contribution in [2.24, 2.45) is 12.0 Å². The van der Waals surface area contributed by atoms with Gasteiger partial charge in [-0.1, -0.05) is 18.2 Å². The third-order valence-electron chi connectivity index (χ3n) is 4.70. The number of para-hydroxylation sites is 1. The van der Waals surface area contributed by atoms with E-state index in [4.69, 9.17) is 14.1 Å². The highest BCUT2D eigenvalue weighted by atomic mass is 127. The topological polar surface area (TPSA) is 89.5 Å². The summed E-state index contributed by atoms with van der Waals surface area (Å²) in [6.07, 6.45) is 4.88. The van der Waals surface area contributed by atoms with Crippen molar-refractivity contribution in [2.45, 2.75) is 25.4 Å². The molecule has 1 atom stereocenters. The maximum Gasteiger partial charge on any atom is 0.192 e. The van der Waals surface area contributed by atoms with Crippen LogP contribution in [0, 0.1) is 0 Å². The number of aryl methyl sites for hydroxylation is 1. The lowest BCUT2D eigenvalue weighted by atomic mass is 10.0. The zero-order valence-electron chi connectivity index (χ0n) is 16.2. The molecule has 1 unspecified atom stereocenters. The van der Waals surface area contributed by atoms with Crippen molar-refractivity contribution in [2.75, 3.05) is 13.2 Å². The molecule has 2 aromatic heterocycles. The maximum atomic E-state index is 5.77. The van der Waals surface area contributed by atoms with E-state index in [9.17, 15) is 0 Å². The zero-order chi connectivity index (χ0) is 19.2. The summed E-state index contributed by atoms with van der Waals surface area (Å²) in [5.41, 5.74) is 1.15. The van der Waals surface area contributed by atoms with Crippen LogP contribution in [0.25, 0.3) is 0 Å². The van der Waals surface area contributed by atoms with Gasteiger partial charge in [-0.05, 0) is 18.2 Å². The lowest BCUT2D eigenvalue weighted by molar-refractivity contribution is 0.261. The Kier molecular flexibility index (Phi) is 7.50. The second-order valence-electron chi connectivity index (χ2n) is 6.59. The van der Waals surface area contributed by atoms with Gasteiger partial charge >= 0.3 is 0 Å². The fourth-order valence-electron chi connectivity index (χ4n) is 3.18. The van der Waals surface area contributed by atoms with Crippen molar-refractivity contribution in [1.29, 1.82) is 0 Å². The minimum absolute atomic E-state index is 0. The number of hydrogen-bond acceptors (Lipinski definition) is 5. The summed E-state index contributed by atoms with van der Waals surface area (Å²) < 4.78 is 12.9. The van der Waals surface area contributed by atoms with Gasteiger partial charge in [-0.2, -0.15) is 5.10 Å². The molecule has 0 saturated heterocycles. The lowest BCUT2D eigenvalue weighted by Crippen LogP contribution is -2.42. The molecule has 4 rings (SSSR count). The van der Waals surface area contributed by atoms with Gasteiger partial charge < -0.3 is 19.8 Å². The van der Waals surface area contributed by atoms with Crippen LogP contribution in [0.1, 0.15) is 29.6 Å². The van der Waals surface area contributed by atoms with Crippen molar-refractivity contribution in [1.82, 2.24) is 25.4 Å². The fourth-order valence-corrected chi connectivity index (χ4v) is 3.18. The molecule has 1 aliphatic rings. The highest BCUT2D eigenvalue weighted by Crippen LogP contribution is 2.31. The lowest BCUT2D eigenvalue weighted by Gasteiger charge is -2.28. The van der Waals surface area contributed by atoms with Crippen molar-refractivity contribution >= 4 is 29.9 Å². The molecule has 9 heteroatoms. The summed E-state index contributed by atoms with van der Waals surface area (Å²) in [7, 11) is 1.87. The smallest absolute Gasteiger partial charge is 0.192 e. The highest BCUT2D eigenvalue weighted by Gasteiger charge is 2.22. The Bertz CT molecular complexity index is 925. The summed E-state index contributed by atoms with van der Waals surface area (Å²) in [6, 6.07) is 12.1. The molecule has 0 saturated carbocycles. The summed E-state index contributed by atoms with van der Waals surface area (Å²) in [4.78, 5) is 8.96. The van der Waals surface area contributed by atoms with E-state index < -0.39 is 0 Å². The average molecular weight is 508 g/mol. The van der Waals surface area contributed by atoms with Crippen LogP contribution in [0.5, 0.6) is 5.75 Å². The molecule has 1 aromatic carbocycles. The SMILES string of the molecule is Cn1ncnc1CN=C(NCCc1ccco1)NC1CCOc2ccccc21.I. The van der Waals surface area contributed by atoms with Crippen LogP contribution in [-0.2, 0) is 20.0 Å². The normalized spacial score (nSPS) is 15.8. The molecule has 2 N–H and O–H groups in total. The Labute approximate surface area is 186 Å². The Morgan fingerprint density at radius 2 is 2.17 bits per heavy atom. The van der Waals surface area contributed by atoms with Gasteiger partial charge in [-0.25, -0.2) is 9.98 Å². The number of aromatic nitrogens is 3. The molecule has 3 heterocycles. The number of aliphatic imine (C=N–C) groups is 1. The monoisotopic (exact) mass is 508 g/mol. The first-order valence-corrected chi connectivity index (χ1v) is 9.41. The summed E-state index contributed by atoms with van der Waals surface area (Å²) in [5, 5.41) is 11.0. The van der Waals surface area contributed by atoms with E-state index >= 15 is 0 Å². The fraction of sp³-hybridized carbons (Fsp3) is 0.350. The standard InChI is InChI=1S/C20H24N6O2.HI/c1-26-19(23-14-24-26)13-22-20(21-10-8-15-5-4-11-27-15)25-17-9-12-28-18-7-3-2-6-16(17)18;/h2-7,11,14,17H,8-10,12-13H2,1H3,(H2,21,22,25);1H. The molecule has 1 aliphatic heterocycles. The van der Waals surface area contributed by atoms with Crippen LogP contribution in [-0.4, -0.2) is 33.9 Å². The van der Waals surface area contributed by atoms with Crippen LogP contribution in [0.15, 0.2) is 58.4 Å². The number of nitrogens with one attached hydrogen (secondary N) is 2. The van der Waals surface area contributed by atoms with Gasteiger partial charge in [0, 0.05) is 32.0 Å². The first-order valence-electron chi connectivity index (χ1n) is 9.41. The van der Waals surface area contributed by atoms with Gasteiger partial charge in [0.1, 0.15) is 30.2 Å².